The lowest BCUT2D eigenvalue weighted by atomic mass is 9.86. The SMILES string of the molecule is C=CC(=O)OCC(F)(F)C(F)(F)C(F)(F)C(F)(F)C(F)(F)C(F)(F)C(F)(F)C(F)(F)C(C)(F)F. The molecule has 0 amide bonds. The molecule has 0 aromatic rings. The van der Waals surface area contributed by atoms with Crippen molar-refractivity contribution in [1.82, 2.24) is 0 Å². The first-order valence-corrected chi connectivity index (χ1v) is 7.65. The number of hydrogen-bond acceptors (Lipinski definition) is 2. The van der Waals surface area contributed by atoms with Crippen molar-refractivity contribution in [3.63, 3.8) is 0 Å². The van der Waals surface area contributed by atoms with E-state index in [1.54, 1.807) is 0 Å². The topological polar surface area (TPSA) is 26.3 Å². The standard InChI is InChI=1S/C14H8F18O2/c1-3-5(33)34-4-7(17,18)9(21,22)11(25,26)13(29,30)14(31,32)12(27,28)10(23,24)8(19,20)6(2,15)16/h3H,1,4H2,2H3. The number of rotatable bonds is 11. The molecule has 34 heavy (non-hydrogen) atoms. The van der Waals surface area contributed by atoms with E-state index in [0.29, 0.717) is 0 Å². The third kappa shape index (κ3) is 4.13. The van der Waals surface area contributed by atoms with Gasteiger partial charge in [-0.3, -0.25) is 0 Å². The zero-order chi connectivity index (χ0) is 28.2. The van der Waals surface area contributed by atoms with Crippen LogP contribution < -0.4 is 0 Å². The summed E-state index contributed by atoms with van der Waals surface area (Å²) in [5, 5.41) is 0. The van der Waals surface area contributed by atoms with E-state index in [4.69, 9.17) is 0 Å². The first-order valence-electron chi connectivity index (χ1n) is 7.65. The summed E-state index contributed by atoms with van der Waals surface area (Å²) in [6, 6.07) is 0. The molecule has 202 valence electrons. The van der Waals surface area contributed by atoms with Crippen molar-refractivity contribution in [3.8, 4) is 0 Å². The predicted molar refractivity (Wildman–Crippen MR) is 71.4 cm³/mol. The van der Waals surface area contributed by atoms with E-state index < -0.39 is 72.8 Å². The van der Waals surface area contributed by atoms with Crippen LogP contribution >= 0.6 is 0 Å². The predicted octanol–water partition coefficient (Wildman–Crippen LogP) is 6.45. The number of alkyl halides is 18. The Hall–Kier alpha value is -2.05. The lowest BCUT2D eigenvalue weighted by molar-refractivity contribution is -0.462. The summed E-state index contributed by atoms with van der Waals surface area (Å²) >= 11 is 0. The molecule has 0 aliphatic carbocycles. The molecule has 0 saturated carbocycles. The van der Waals surface area contributed by atoms with Crippen LogP contribution in [0, 0.1) is 0 Å². The fourth-order valence-electron chi connectivity index (χ4n) is 1.80. The molecular weight excluding hydrogens is 542 g/mol. The van der Waals surface area contributed by atoms with E-state index in [2.05, 4.69) is 11.3 Å². The molecule has 0 spiro atoms. The van der Waals surface area contributed by atoms with Crippen LogP contribution in [-0.4, -0.2) is 65.9 Å². The molecule has 20 heteroatoms. The van der Waals surface area contributed by atoms with Crippen LogP contribution in [0.4, 0.5) is 79.0 Å². The van der Waals surface area contributed by atoms with Crippen LogP contribution in [0.1, 0.15) is 6.92 Å². The minimum atomic E-state index is -8.82. The highest BCUT2D eigenvalue weighted by Crippen LogP contribution is 2.65. The summed E-state index contributed by atoms with van der Waals surface area (Å²) in [6.07, 6.45) is -0.0958. The van der Waals surface area contributed by atoms with Gasteiger partial charge >= 0.3 is 59.3 Å². The van der Waals surface area contributed by atoms with Crippen molar-refractivity contribution in [2.45, 2.75) is 60.2 Å². The van der Waals surface area contributed by atoms with Gasteiger partial charge in [0.15, 0.2) is 6.61 Å². The Balaban J connectivity index is 6.76. The lowest BCUT2D eigenvalue weighted by Gasteiger charge is -2.44. The second-order valence-electron chi connectivity index (χ2n) is 6.43. The Morgan fingerprint density at radius 2 is 0.853 bits per heavy atom. The Morgan fingerprint density at radius 1 is 0.588 bits per heavy atom. The van der Waals surface area contributed by atoms with Crippen LogP contribution in [-0.2, 0) is 9.53 Å². The first-order chi connectivity index (χ1) is 14.5. The number of halogens is 18. The van der Waals surface area contributed by atoms with Crippen molar-refractivity contribution in [2.24, 2.45) is 0 Å². The number of hydrogen-bond donors (Lipinski definition) is 0. The molecule has 0 aromatic carbocycles. The molecule has 0 N–H and O–H groups in total. The second-order valence-corrected chi connectivity index (χ2v) is 6.43. The number of carbonyl (C=O) groups is 1. The normalized spacial score (nSPS) is 15.9. The third-order valence-corrected chi connectivity index (χ3v) is 3.94. The van der Waals surface area contributed by atoms with Crippen LogP contribution in [0.3, 0.4) is 0 Å². The van der Waals surface area contributed by atoms with Crippen molar-refractivity contribution < 1.29 is 88.6 Å². The molecule has 0 heterocycles. The molecule has 0 rings (SSSR count). The number of ether oxygens (including phenoxy) is 1. The van der Waals surface area contributed by atoms with Crippen LogP contribution in [0.5, 0.6) is 0 Å². The second kappa shape index (κ2) is 8.27. The largest absolute Gasteiger partial charge is 0.456 e. The van der Waals surface area contributed by atoms with Gasteiger partial charge in [-0.25, -0.2) is 4.79 Å². The van der Waals surface area contributed by atoms with Gasteiger partial charge in [-0.05, 0) is 0 Å². The maximum absolute atomic E-state index is 13.5. The first kappa shape index (κ1) is 31.9. The molecule has 0 bridgehead atoms. The van der Waals surface area contributed by atoms with E-state index in [9.17, 15) is 83.8 Å². The summed E-state index contributed by atoms with van der Waals surface area (Å²) < 4.78 is 242. The van der Waals surface area contributed by atoms with Crippen LogP contribution in [0.25, 0.3) is 0 Å². The zero-order valence-corrected chi connectivity index (χ0v) is 15.6. The summed E-state index contributed by atoms with van der Waals surface area (Å²) in [4.78, 5) is 10.5. The average molecular weight is 550 g/mol. The summed E-state index contributed by atoms with van der Waals surface area (Å²) in [7, 11) is 0. The Labute approximate surface area is 175 Å². The van der Waals surface area contributed by atoms with Crippen molar-refractivity contribution in [2.75, 3.05) is 6.61 Å². The van der Waals surface area contributed by atoms with E-state index in [-0.39, 0.29) is 6.08 Å². The fraction of sp³-hybridized carbons (Fsp3) is 0.786. The van der Waals surface area contributed by atoms with Crippen molar-refractivity contribution in [3.05, 3.63) is 12.7 Å². The van der Waals surface area contributed by atoms with Crippen LogP contribution in [0.2, 0.25) is 0 Å². The molecule has 0 unspecified atom stereocenters. The molecular formula is C14H8F18O2. The molecule has 2 nitrogen and oxygen atoms in total. The smallest absolute Gasteiger partial charge is 0.385 e. The number of carbonyl (C=O) groups excluding carboxylic acids is 1. The van der Waals surface area contributed by atoms with E-state index in [1.807, 2.05) is 0 Å². The highest BCUT2D eigenvalue weighted by Gasteiger charge is 2.96. The fourth-order valence-corrected chi connectivity index (χ4v) is 1.80. The molecule has 0 aliphatic heterocycles. The maximum atomic E-state index is 13.5. The van der Waals surface area contributed by atoms with Gasteiger partial charge in [0.25, 0.3) is 0 Å². The monoisotopic (exact) mass is 550 g/mol. The number of esters is 1. The summed E-state index contributed by atoms with van der Waals surface area (Å²) in [6.45, 7) is -2.16. The quantitative estimate of drug-likeness (QED) is 0.168. The molecule has 0 radical (unpaired) electrons. The molecule has 0 atom stereocenters. The highest BCUT2D eigenvalue weighted by molar-refractivity contribution is 5.81. The van der Waals surface area contributed by atoms with Gasteiger partial charge in [0, 0.05) is 13.0 Å². The maximum Gasteiger partial charge on any atom is 0.385 e. The van der Waals surface area contributed by atoms with Gasteiger partial charge in [-0.2, -0.15) is 79.0 Å². The van der Waals surface area contributed by atoms with Gasteiger partial charge in [0.2, 0.25) is 0 Å². The molecule has 0 aliphatic rings. The van der Waals surface area contributed by atoms with Crippen molar-refractivity contribution >= 4 is 5.97 Å². The van der Waals surface area contributed by atoms with Gasteiger partial charge < -0.3 is 4.74 Å². The molecule has 0 fully saturated rings. The van der Waals surface area contributed by atoms with E-state index >= 15 is 0 Å². The van der Waals surface area contributed by atoms with Gasteiger partial charge in [-0.1, -0.05) is 6.58 Å². The Kier molecular flexibility index (Phi) is 7.77. The lowest BCUT2D eigenvalue weighted by Crippen LogP contribution is -2.76. The highest BCUT2D eigenvalue weighted by atomic mass is 19.4. The van der Waals surface area contributed by atoms with Gasteiger partial charge in [0.1, 0.15) is 0 Å². The minimum absolute atomic E-state index is 0.0958. The van der Waals surface area contributed by atoms with E-state index in [1.165, 1.54) is 0 Å². The molecule has 0 aromatic heterocycles. The van der Waals surface area contributed by atoms with E-state index in [0.717, 1.165) is 0 Å². The molecule has 0 saturated heterocycles. The van der Waals surface area contributed by atoms with Gasteiger partial charge in [0.05, 0.1) is 0 Å². The minimum Gasteiger partial charge on any atom is -0.456 e. The average Bonchev–Trinajstić information content (AvgIpc) is 2.63. The zero-order valence-electron chi connectivity index (χ0n) is 15.6. The van der Waals surface area contributed by atoms with Crippen LogP contribution in [0.15, 0.2) is 12.7 Å². The Morgan fingerprint density at radius 3 is 1.12 bits per heavy atom. The third-order valence-electron chi connectivity index (χ3n) is 3.94. The van der Waals surface area contributed by atoms with Crippen molar-refractivity contribution in [1.29, 1.82) is 0 Å². The van der Waals surface area contributed by atoms with Gasteiger partial charge in [-0.15, -0.1) is 0 Å². The summed E-state index contributed by atoms with van der Waals surface area (Å²) in [5.41, 5.74) is 0. The summed E-state index contributed by atoms with van der Waals surface area (Å²) in [5.74, 6) is -74.2. The Bertz CT molecular complexity index is 778.